The number of nitrogens with zero attached hydrogens (tertiary/aromatic N) is 2. The van der Waals surface area contributed by atoms with E-state index in [4.69, 9.17) is 0 Å². The summed E-state index contributed by atoms with van der Waals surface area (Å²) in [6.07, 6.45) is 1.75. The van der Waals surface area contributed by atoms with Gasteiger partial charge in [-0.2, -0.15) is 5.10 Å². The minimum atomic E-state index is -0.0324. The number of H-pyrrole nitrogens is 1. The number of alkyl halides is 1. The quantitative estimate of drug-likeness (QED) is 0.700. The highest BCUT2D eigenvalue weighted by Gasteiger charge is 2.10. The molecule has 0 saturated carbocycles. The van der Waals surface area contributed by atoms with Crippen LogP contribution in [0.5, 0.6) is 0 Å². The summed E-state index contributed by atoms with van der Waals surface area (Å²) < 4.78 is 3.16. The molecule has 0 saturated heterocycles. The fourth-order valence-electron chi connectivity index (χ4n) is 1.25. The first-order valence-electron chi connectivity index (χ1n) is 3.98. The van der Waals surface area contributed by atoms with Gasteiger partial charge < -0.3 is 0 Å². The van der Waals surface area contributed by atoms with Gasteiger partial charge in [-0.1, -0.05) is 22.0 Å². The number of hydrogen-bond donors (Lipinski definition) is 0. The normalized spacial score (nSPS) is 10.8. The van der Waals surface area contributed by atoms with Crippen LogP contribution < -0.4 is 10.8 Å². The second-order valence-electron chi connectivity index (χ2n) is 2.69. The van der Waals surface area contributed by atoms with Crippen molar-refractivity contribution in [3.63, 3.8) is 0 Å². The van der Waals surface area contributed by atoms with Gasteiger partial charge in [0.05, 0.1) is 6.54 Å². The molecule has 4 nitrogen and oxygen atoms in total. The molecule has 0 radical (unpaired) electrons. The van der Waals surface area contributed by atoms with E-state index in [1.165, 1.54) is 0 Å². The Morgan fingerprint density at radius 3 is 3.00 bits per heavy atom. The molecule has 68 valence electrons. The van der Waals surface area contributed by atoms with Crippen molar-refractivity contribution in [1.29, 1.82) is 0 Å². The molecule has 1 N–H and O–H groups in total. The topological polar surface area (TPSA) is 40.5 Å². The summed E-state index contributed by atoms with van der Waals surface area (Å²) in [6.45, 7) is 0.653. The highest BCUT2D eigenvalue weighted by Crippen LogP contribution is 1.90. The van der Waals surface area contributed by atoms with Crippen LogP contribution in [-0.4, -0.2) is 14.4 Å². The first-order valence-corrected chi connectivity index (χ1v) is 5.10. The Morgan fingerprint density at radius 1 is 1.46 bits per heavy atom. The lowest BCUT2D eigenvalue weighted by molar-refractivity contribution is -0.464. The second kappa shape index (κ2) is 3.33. The lowest BCUT2D eigenvalue weighted by atomic mass is 10.5. The third-order valence-electron chi connectivity index (χ3n) is 1.85. The molecule has 0 aliphatic heterocycles. The number of nitrogens with one attached hydrogen (secondary N) is 1. The molecule has 13 heavy (non-hydrogen) atoms. The standard InChI is InChI=1S/C8H8BrN3O/c9-4-6-12-8(13)11-5-2-1-3-7(11)10-12/h1-3,5H,4,6H2/p+1. The van der Waals surface area contributed by atoms with Crippen molar-refractivity contribution >= 4 is 21.6 Å². The van der Waals surface area contributed by atoms with Crippen molar-refractivity contribution in [1.82, 2.24) is 9.08 Å². The number of hydrogen-bond acceptors (Lipinski definition) is 1. The van der Waals surface area contributed by atoms with E-state index in [0.717, 1.165) is 11.0 Å². The number of aromatic nitrogens is 3. The van der Waals surface area contributed by atoms with Crippen LogP contribution in [0.4, 0.5) is 0 Å². The number of halogens is 1. The molecule has 5 heteroatoms. The van der Waals surface area contributed by atoms with Crippen molar-refractivity contribution in [2.45, 2.75) is 6.54 Å². The summed E-state index contributed by atoms with van der Waals surface area (Å²) in [7, 11) is 0. The molecule has 2 aromatic rings. The second-order valence-corrected chi connectivity index (χ2v) is 3.48. The maximum absolute atomic E-state index is 11.6. The van der Waals surface area contributed by atoms with Crippen LogP contribution in [0.25, 0.3) is 5.65 Å². The summed E-state index contributed by atoms with van der Waals surface area (Å²) >= 11 is 3.29. The van der Waals surface area contributed by atoms with E-state index in [-0.39, 0.29) is 5.69 Å². The molecule has 0 aromatic carbocycles. The first kappa shape index (κ1) is 8.50. The van der Waals surface area contributed by atoms with Gasteiger partial charge in [0.15, 0.2) is 0 Å². The van der Waals surface area contributed by atoms with Gasteiger partial charge in [-0.15, -0.1) is 9.08 Å². The lowest BCUT2D eigenvalue weighted by Crippen LogP contribution is -2.29. The van der Waals surface area contributed by atoms with Gasteiger partial charge in [0.25, 0.3) is 0 Å². The maximum atomic E-state index is 11.6. The van der Waals surface area contributed by atoms with Crippen LogP contribution in [-0.2, 0) is 6.54 Å². The third-order valence-corrected chi connectivity index (χ3v) is 2.21. The lowest BCUT2D eigenvalue weighted by Gasteiger charge is -1.86. The van der Waals surface area contributed by atoms with Crippen molar-refractivity contribution < 1.29 is 5.10 Å². The van der Waals surface area contributed by atoms with E-state index >= 15 is 0 Å². The Kier molecular flexibility index (Phi) is 2.18. The molecule has 0 unspecified atom stereocenters. The van der Waals surface area contributed by atoms with Crippen molar-refractivity contribution in [3.8, 4) is 0 Å². The van der Waals surface area contributed by atoms with Gasteiger partial charge in [-0.05, 0) is 6.07 Å². The van der Waals surface area contributed by atoms with Gasteiger partial charge in [0.1, 0.15) is 6.20 Å². The van der Waals surface area contributed by atoms with Crippen LogP contribution >= 0.6 is 15.9 Å². The molecule has 0 aliphatic rings. The molecule has 0 fully saturated rings. The zero-order valence-electron chi connectivity index (χ0n) is 6.90. The predicted molar refractivity (Wildman–Crippen MR) is 52.0 cm³/mol. The monoisotopic (exact) mass is 242 g/mol. The average molecular weight is 243 g/mol. The number of rotatable bonds is 2. The van der Waals surface area contributed by atoms with Crippen LogP contribution in [0.1, 0.15) is 0 Å². The van der Waals surface area contributed by atoms with Gasteiger partial charge in [0.2, 0.25) is 0 Å². The highest BCUT2D eigenvalue weighted by molar-refractivity contribution is 9.09. The fourth-order valence-corrected chi connectivity index (χ4v) is 1.61. The smallest absolute Gasteiger partial charge is 0.216 e. The Bertz CT molecular complexity index is 473. The molecular weight excluding hydrogens is 234 g/mol. The third kappa shape index (κ3) is 1.39. The Hall–Kier alpha value is -1.10. The number of fused-ring (bicyclic) bond motifs is 1. The molecule has 0 amide bonds. The average Bonchev–Trinajstić information content (AvgIpc) is 2.46. The molecule has 0 bridgehead atoms. The minimum absolute atomic E-state index is 0.0324. The summed E-state index contributed by atoms with van der Waals surface area (Å²) in [4.78, 5) is 11.6. The first-order chi connectivity index (χ1) is 6.33. The van der Waals surface area contributed by atoms with E-state index < -0.39 is 0 Å². The van der Waals surface area contributed by atoms with Gasteiger partial charge >= 0.3 is 11.3 Å². The number of aromatic amines is 1. The molecular formula is C8H9BrN3O+. The minimum Gasteiger partial charge on any atom is -0.216 e. The fraction of sp³-hybridized carbons (Fsp3) is 0.250. The Labute approximate surface area is 82.9 Å². The molecule has 0 spiro atoms. The van der Waals surface area contributed by atoms with Crippen LogP contribution in [0.15, 0.2) is 29.2 Å². The Morgan fingerprint density at radius 2 is 2.31 bits per heavy atom. The predicted octanol–water partition coefficient (Wildman–Crippen LogP) is 0.310. The summed E-state index contributed by atoms with van der Waals surface area (Å²) in [5, 5.41) is 3.77. The largest absolute Gasteiger partial charge is 0.451 e. The van der Waals surface area contributed by atoms with Gasteiger partial charge in [-0.25, -0.2) is 4.79 Å². The van der Waals surface area contributed by atoms with E-state index in [9.17, 15) is 4.79 Å². The van der Waals surface area contributed by atoms with Gasteiger partial charge in [-0.3, -0.25) is 0 Å². The van der Waals surface area contributed by atoms with Crippen molar-refractivity contribution in [2.75, 3.05) is 5.33 Å². The molecule has 2 rings (SSSR count). The van der Waals surface area contributed by atoms with Crippen LogP contribution in [0.3, 0.4) is 0 Å². The maximum Gasteiger partial charge on any atom is 0.451 e. The van der Waals surface area contributed by atoms with E-state index in [1.807, 2.05) is 18.2 Å². The zero-order valence-corrected chi connectivity index (χ0v) is 8.49. The van der Waals surface area contributed by atoms with E-state index in [0.29, 0.717) is 6.54 Å². The number of pyridine rings is 1. The van der Waals surface area contributed by atoms with E-state index in [2.05, 4.69) is 21.0 Å². The molecule has 0 aliphatic carbocycles. The van der Waals surface area contributed by atoms with Crippen LogP contribution in [0.2, 0.25) is 0 Å². The summed E-state index contributed by atoms with van der Waals surface area (Å²) in [5.41, 5.74) is 0.781. The molecule has 2 aromatic heterocycles. The molecule has 0 atom stereocenters. The summed E-state index contributed by atoms with van der Waals surface area (Å²) in [5.74, 6) is 0. The Balaban J connectivity index is 2.67. The van der Waals surface area contributed by atoms with Gasteiger partial charge in [0, 0.05) is 11.4 Å². The SMILES string of the molecule is O=c1n(CCBr)[nH+]c2ccccn12. The summed E-state index contributed by atoms with van der Waals surface area (Å²) in [6, 6.07) is 5.59. The number of aryl methyl sites for hydroxylation is 1. The van der Waals surface area contributed by atoms with Crippen molar-refractivity contribution in [3.05, 3.63) is 34.9 Å². The molecule has 2 heterocycles. The van der Waals surface area contributed by atoms with Crippen molar-refractivity contribution in [2.24, 2.45) is 0 Å². The highest BCUT2D eigenvalue weighted by atomic mass is 79.9. The zero-order chi connectivity index (χ0) is 9.26. The van der Waals surface area contributed by atoms with Crippen LogP contribution in [0, 0.1) is 0 Å². The van der Waals surface area contributed by atoms with E-state index in [1.54, 1.807) is 15.3 Å².